The van der Waals surface area contributed by atoms with Crippen LogP contribution >= 0.6 is 0 Å². The Balaban J connectivity index is 1.92. The number of hydrogen-bond acceptors (Lipinski definition) is 8. The van der Waals surface area contributed by atoms with Crippen LogP contribution in [-0.4, -0.2) is 47.3 Å². The highest BCUT2D eigenvalue weighted by molar-refractivity contribution is 5.89. The van der Waals surface area contributed by atoms with Gasteiger partial charge in [-0.1, -0.05) is 44.2 Å². The van der Waals surface area contributed by atoms with E-state index in [-0.39, 0.29) is 54.0 Å². The van der Waals surface area contributed by atoms with Crippen LogP contribution in [0.5, 0.6) is 0 Å². The number of hydrogen-bond donors (Lipinski definition) is 0. The number of carbonyl (C=O) groups excluding carboxylic acids is 4. The molecule has 10 atom stereocenters. The van der Waals surface area contributed by atoms with E-state index >= 15 is 0 Å². The Morgan fingerprint density at radius 1 is 0.878 bits per heavy atom. The molecule has 3 saturated carbocycles. The smallest absolute Gasteiger partial charge is 0.338 e. The van der Waals surface area contributed by atoms with Crippen LogP contribution < -0.4 is 0 Å². The molecule has 4 rings (SSSR count). The van der Waals surface area contributed by atoms with E-state index in [9.17, 15) is 19.2 Å². The number of carbonyl (C=O) groups is 4. The molecule has 8 nitrogen and oxygen atoms in total. The molecule has 0 amide bonds. The predicted octanol–water partition coefficient (Wildman–Crippen LogP) is 5.68. The van der Waals surface area contributed by atoms with Crippen LogP contribution in [0.4, 0.5) is 0 Å². The molecule has 41 heavy (non-hydrogen) atoms. The zero-order valence-corrected chi connectivity index (χ0v) is 25.3. The lowest BCUT2D eigenvalue weighted by Crippen LogP contribution is -2.55. The molecule has 0 saturated heterocycles. The molecule has 3 aliphatic rings. The highest BCUT2D eigenvalue weighted by atomic mass is 16.6. The van der Waals surface area contributed by atoms with Crippen molar-refractivity contribution in [3.05, 3.63) is 48.0 Å². The molecule has 0 radical (unpaired) electrons. The largest absolute Gasteiger partial charge is 0.462 e. The van der Waals surface area contributed by atoms with Crippen molar-refractivity contribution in [2.75, 3.05) is 0 Å². The molecule has 3 fully saturated rings. The van der Waals surface area contributed by atoms with Crippen LogP contribution in [0, 0.1) is 35.5 Å². The van der Waals surface area contributed by atoms with Gasteiger partial charge in [-0.25, -0.2) is 4.79 Å². The fourth-order valence-corrected chi connectivity index (χ4v) is 8.50. The first-order chi connectivity index (χ1) is 19.2. The second kappa shape index (κ2) is 11.6. The van der Waals surface area contributed by atoms with E-state index in [1.807, 2.05) is 33.8 Å². The van der Waals surface area contributed by atoms with E-state index in [0.29, 0.717) is 18.4 Å². The summed E-state index contributed by atoms with van der Waals surface area (Å²) >= 11 is 0. The molecule has 2 unspecified atom stereocenters. The Morgan fingerprint density at radius 3 is 2.07 bits per heavy atom. The Bertz CT molecular complexity index is 1190. The summed E-state index contributed by atoms with van der Waals surface area (Å²) in [5, 5.41) is 0. The minimum absolute atomic E-state index is 0.0515. The minimum atomic E-state index is -1.27. The highest BCUT2D eigenvalue weighted by Crippen LogP contribution is 2.62. The van der Waals surface area contributed by atoms with Crippen molar-refractivity contribution in [3.8, 4) is 0 Å². The third-order valence-corrected chi connectivity index (χ3v) is 10.0. The van der Waals surface area contributed by atoms with Crippen molar-refractivity contribution in [1.29, 1.82) is 0 Å². The third kappa shape index (κ3) is 5.80. The molecule has 0 aliphatic heterocycles. The van der Waals surface area contributed by atoms with Gasteiger partial charge in [-0.3, -0.25) is 14.4 Å². The number of ether oxygens (including phenoxy) is 4. The van der Waals surface area contributed by atoms with E-state index in [0.717, 1.165) is 12.0 Å². The summed E-state index contributed by atoms with van der Waals surface area (Å²) in [5.41, 5.74) is -0.832. The molecule has 3 aliphatic carbocycles. The summed E-state index contributed by atoms with van der Waals surface area (Å²) < 4.78 is 24.6. The van der Waals surface area contributed by atoms with Crippen molar-refractivity contribution in [2.24, 2.45) is 35.5 Å². The highest BCUT2D eigenvalue weighted by Gasteiger charge is 2.70. The molecule has 0 aromatic heterocycles. The van der Waals surface area contributed by atoms with Gasteiger partial charge >= 0.3 is 23.9 Å². The molecular formula is C33H44O8. The average molecular weight is 569 g/mol. The zero-order chi connectivity index (χ0) is 30.3. The fourth-order valence-electron chi connectivity index (χ4n) is 8.50. The summed E-state index contributed by atoms with van der Waals surface area (Å²) in [6.45, 7) is 16.4. The first-order valence-electron chi connectivity index (χ1n) is 14.7. The van der Waals surface area contributed by atoms with Crippen LogP contribution in [0.3, 0.4) is 0 Å². The fraction of sp³-hybridized carbons (Fsp3) is 0.636. The number of benzene rings is 1. The van der Waals surface area contributed by atoms with Gasteiger partial charge < -0.3 is 18.9 Å². The molecule has 0 N–H and O–H groups in total. The maximum absolute atomic E-state index is 13.7. The van der Waals surface area contributed by atoms with Gasteiger partial charge in [0, 0.05) is 50.9 Å². The summed E-state index contributed by atoms with van der Waals surface area (Å²) in [7, 11) is 0. The average Bonchev–Trinajstić information content (AvgIpc) is 3.01. The number of esters is 4. The second-order valence-corrected chi connectivity index (χ2v) is 12.7. The van der Waals surface area contributed by atoms with Crippen LogP contribution in [0.15, 0.2) is 42.5 Å². The van der Waals surface area contributed by atoms with Gasteiger partial charge in [-0.2, -0.15) is 0 Å². The molecule has 1 aromatic rings. The zero-order valence-electron chi connectivity index (χ0n) is 25.3. The molecule has 224 valence electrons. The van der Waals surface area contributed by atoms with E-state index in [4.69, 9.17) is 18.9 Å². The normalized spacial score (nSPS) is 37.9. The number of rotatable bonds is 6. The van der Waals surface area contributed by atoms with Crippen LogP contribution in [-0.2, 0) is 33.3 Å². The maximum Gasteiger partial charge on any atom is 0.338 e. The lowest BCUT2D eigenvalue weighted by Gasteiger charge is -2.47. The SMILES string of the molecule is C=C(C)[C@H]1CC[C@@H](OC(C)=O)C2CC3[C@@H](C)[C@](C)(OC(C)=O)C[C@]3(OC(C)=O)[C@H](OC(=O)c3ccccc3)[C@@H](C)[C@@H]21. The topological polar surface area (TPSA) is 105 Å². The van der Waals surface area contributed by atoms with Gasteiger partial charge in [-0.05, 0) is 57.1 Å². The van der Waals surface area contributed by atoms with Crippen molar-refractivity contribution in [3.63, 3.8) is 0 Å². The Labute approximate surface area is 243 Å². The van der Waals surface area contributed by atoms with Gasteiger partial charge in [-0.15, -0.1) is 0 Å². The summed E-state index contributed by atoms with van der Waals surface area (Å²) in [6.07, 6.45) is 0.990. The van der Waals surface area contributed by atoms with Gasteiger partial charge in [0.25, 0.3) is 0 Å². The van der Waals surface area contributed by atoms with Crippen LogP contribution in [0.25, 0.3) is 0 Å². The molecule has 0 bridgehead atoms. The van der Waals surface area contributed by atoms with Crippen molar-refractivity contribution in [2.45, 2.75) is 97.6 Å². The Kier molecular flexibility index (Phi) is 8.72. The predicted molar refractivity (Wildman–Crippen MR) is 151 cm³/mol. The van der Waals surface area contributed by atoms with E-state index in [1.165, 1.54) is 20.8 Å². The second-order valence-electron chi connectivity index (χ2n) is 12.7. The monoisotopic (exact) mass is 568 g/mol. The maximum atomic E-state index is 13.7. The molecule has 0 heterocycles. The van der Waals surface area contributed by atoms with E-state index in [1.54, 1.807) is 24.3 Å². The first kappa shape index (κ1) is 30.8. The molecular weight excluding hydrogens is 524 g/mol. The van der Waals surface area contributed by atoms with E-state index in [2.05, 4.69) is 6.58 Å². The molecule has 8 heteroatoms. The van der Waals surface area contributed by atoms with Crippen molar-refractivity contribution in [1.82, 2.24) is 0 Å². The van der Waals surface area contributed by atoms with Crippen LogP contribution in [0.2, 0.25) is 0 Å². The Morgan fingerprint density at radius 2 is 1.51 bits per heavy atom. The number of allylic oxidation sites excluding steroid dienone is 1. The Hall–Kier alpha value is -3.16. The van der Waals surface area contributed by atoms with Gasteiger partial charge in [0.05, 0.1) is 5.56 Å². The van der Waals surface area contributed by atoms with Gasteiger partial charge in [0.2, 0.25) is 0 Å². The van der Waals surface area contributed by atoms with Crippen molar-refractivity contribution >= 4 is 23.9 Å². The van der Waals surface area contributed by atoms with Gasteiger partial charge in [0.1, 0.15) is 17.8 Å². The quantitative estimate of drug-likeness (QED) is 0.245. The van der Waals surface area contributed by atoms with Crippen molar-refractivity contribution < 1.29 is 38.1 Å². The standard InChI is InChI=1S/C33H44O8/c1-18(2)25-14-15-28(38-21(5)34)26-16-27-20(4)32(8,40-22(6)35)17-33(27,41-23(7)36)30(19(3)29(25)26)39-31(37)24-12-10-9-11-13-24/h9-13,19-20,25-30H,1,14-17H2,2-8H3/t19-,20+,25+,26?,27?,28+,29+,30+,32+,33+/m0/s1. The minimum Gasteiger partial charge on any atom is -0.462 e. The summed E-state index contributed by atoms with van der Waals surface area (Å²) in [6, 6.07) is 8.74. The van der Waals surface area contributed by atoms with Gasteiger partial charge in [0.15, 0.2) is 5.60 Å². The molecule has 1 aromatic carbocycles. The number of fused-ring (bicyclic) bond motifs is 2. The van der Waals surface area contributed by atoms with E-state index < -0.39 is 35.2 Å². The molecule has 0 spiro atoms. The lowest BCUT2D eigenvalue weighted by molar-refractivity contribution is -0.189. The lowest BCUT2D eigenvalue weighted by atomic mass is 9.62. The summed E-state index contributed by atoms with van der Waals surface area (Å²) in [5.74, 6) is -2.75. The van der Waals surface area contributed by atoms with Crippen LogP contribution in [0.1, 0.15) is 84.5 Å². The summed E-state index contributed by atoms with van der Waals surface area (Å²) in [4.78, 5) is 51.0. The first-order valence-corrected chi connectivity index (χ1v) is 14.7. The third-order valence-electron chi connectivity index (χ3n) is 10.0.